The molecule has 2 heteroatoms. The van der Waals surface area contributed by atoms with Gasteiger partial charge in [0, 0.05) is 6.42 Å². The third-order valence-electron chi connectivity index (χ3n) is 1.71. The van der Waals surface area contributed by atoms with Crippen molar-refractivity contribution >= 4 is 5.71 Å². The first-order chi connectivity index (χ1) is 4.74. The van der Waals surface area contributed by atoms with Crippen molar-refractivity contribution in [1.29, 1.82) is 0 Å². The van der Waals surface area contributed by atoms with Crippen LogP contribution >= 0.6 is 0 Å². The Hall–Kier alpha value is -0.790. The second-order valence-corrected chi connectivity index (χ2v) is 2.63. The Bertz CT molecular complexity index is 182. The molecule has 1 aliphatic heterocycles. The van der Waals surface area contributed by atoms with Crippen molar-refractivity contribution < 1.29 is 4.84 Å². The molecule has 56 valence electrons. The van der Waals surface area contributed by atoms with Crippen molar-refractivity contribution in [2.45, 2.75) is 33.3 Å². The highest BCUT2D eigenvalue weighted by molar-refractivity contribution is 6.00. The van der Waals surface area contributed by atoms with Crippen LogP contribution in [0.2, 0.25) is 0 Å². The summed E-state index contributed by atoms with van der Waals surface area (Å²) in [6, 6.07) is 0. The molecule has 10 heavy (non-hydrogen) atoms. The Morgan fingerprint density at radius 2 is 2.50 bits per heavy atom. The summed E-state index contributed by atoms with van der Waals surface area (Å²) in [6.07, 6.45) is 3.28. The van der Waals surface area contributed by atoms with Gasteiger partial charge in [0.1, 0.15) is 6.10 Å². The topological polar surface area (TPSA) is 21.6 Å². The first-order valence-electron chi connectivity index (χ1n) is 3.60. The first-order valence-corrected chi connectivity index (χ1v) is 3.60. The van der Waals surface area contributed by atoms with E-state index in [2.05, 4.69) is 18.2 Å². The fourth-order valence-electron chi connectivity index (χ4n) is 0.900. The number of hydrogen-bond acceptors (Lipinski definition) is 2. The zero-order chi connectivity index (χ0) is 7.56. The molecular formula is C8H13NO. The summed E-state index contributed by atoms with van der Waals surface area (Å²) in [5.41, 5.74) is 2.32. The van der Waals surface area contributed by atoms with Gasteiger partial charge in [-0.2, -0.15) is 0 Å². The molecule has 0 fully saturated rings. The molecule has 0 spiro atoms. The average molecular weight is 139 g/mol. The van der Waals surface area contributed by atoms with Gasteiger partial charge in [0.25, 0.3) is 0 Å². The summed E-state index contributed by atoms with van der Waals surface area (Å²) >= 11 is 0. The van der Waals surface area contributed by atoms with Crippen molar-refractivity contribution in [1.82, 2.24) is 0 Å². The van der Waals surface area contributed by atoms with Gasteiger partial charge >= 0.3 is 0 Å². The standard InChI is InChI=1S/C8H13NO/c1-4-6(2)8-5-7(3)10-9-8/h4,7H,5H2,1-3H3/b6-4+. The molecule has 1 unspecified atom stereocenters. The van der Waals surface area contributed by atoms with Crippen LogP contribution < -0.4 is 0 Å². The maximum atomic E-state index is 5.04. The summed E-state index contributed by atoms with van der Waals surface area (Å²) in [7, 11) is 0. The molecule has 0 saturated heterocycles. The highest BCUT2D eigenvalue weighted by Crippen LogP contribution is 2.14. The van der Waals surface area contributed by atoms with E-state index in [1.807, 2.05) is 13.8 Å². The summed E-state index contributed by atoms with van der Waals surface area (Å²) in [4.78, 5) is 5.04. The minimum absolute atomic E-state index is 0.268. The van der Waals surface area contributed by atoms with Crippen molar-refractivity contribution in [3.8, 4) is 0 Å². The summed E-state index contributed by atoms with van der Waals surface area (Å²) in [5.74, 6) is 0. The maximum absolute atomic E-state index is 5.04. The summed E-state index contributed by atoms with van der Waals surface area (Å²) < 4.78 is 0. The van der Waals surface area contributed by atoms with Gasteiger partial charge in [0.15, 0.2) is 0 Å². The SMILES string of the molecule is C/C=C(\C)C1=NOC(C)C1. The second-order valence-electron chi connectivity index (χ2n) is 2.63. The minimum Gasteiger partial charge on any atom is -0.392 e. The summed E-state index contributed by atoms with van der Waals surface area (Å²) in [5, 5.41) is 3.94. The molecule has 1 rings (SSSR count). The zero-order valence-electron chi connectivity index (χ0n) is 6.72. The van der Waals surface area contributed by atoms with E-state index in [4.69, 9.17) is 4.84 Å². The quantitative estimate of drug-likeness (QED) is 0.545. The number of allylic oxidation sites excluding steroid dienone is 2. The summed E-state index contributed by atoms with van der Waals surface area (Å²) in [6.45, 7) is 6.10. The van der Waals surface area contributed by atoms with Crippen LogP contribution in [0.15, 0.2) is 16.8 Å². The number of hydrogen-bond donors (Lipinski definition) is 0. The molecular weight excluding hydrogens is 126 g/mol. The van der Waals surface area contributed by atoms with E-state index in [9.17, 15) is 0 Å². The number of rotatable bonds is 1. The molecule has 0 aromatic rings. The smallest absolute Gasteiger partial charge is 0.130 e. The lowest BCUT2D eigenvalue weighted by Gasteiger charge is -1.96. The van der Waals surface area contributed by atoms with Crippen LogP contribution in [-0.4, -0.2) is 11.8 Å². The third kappa shape index (κ3) is 1.38. The average Bonchev–Trinajstić information content (AvgIpc) is 2.34. The van der Waals surface area contributed by atoms with E-state index in [-0.39, 0.29) is 6.10 Å². The van der Waals surface area contributed by atoms with E-state index in [1.54, 1.807) is 0 Å². The number of oxime groups is 1. The molecule has 0 saturated carbocycles. The Kier molecular flexibility index (Phi) is 2.10. The van der Waals surface area contributed by atoms with Crippen molar-refractivity contribution in [3.63, 3.8) is 0 Å². The van der Waals surface area contributed by atoms with Crippen molar-refractivity contribution in [2.24, 2.45) is 5.16 Å². The molecule has 0 amide bonds. The van der Waals surface area contributed by atoms with Gasteiger partial charge in [-0.15, -0.1) is 0 Å². The molecule has 0 radical (unpaired) electrons. The second kappa shape index (κ2) is 2.86. The number of nitrogens with zero attached hydrogens (tertiary/aromatic N) is 1. The minimum atomic E-state index is 0.268. The Balaban J connectivity index is 2.60. The Labute approximate surface area is 61.6 Å². The van der Waals surface area contributed by atoms with Gasteiger partial charge in [-0.05, 0) is 26.3 Å². The maximum Gasteiger partial charge on any atom is 0.130 e. The Morgan fingerprint density at radius 1 is 1.80 bits per heavy atom. The van der Waals surface area contributed by atoms with Crippen LogP contribution in [-0.2, 0) is 4.84 Å². The lowest BCUT2D eigenvalue weighted by Crippen LogP contribution is -2.02. The van der Waals surface area contributed by atoms with Crippen LogP contribution in [0, 0.1) is 0 Å². The molecule has 1 aliphatic rings. The van der Waals surface area contributed by atoms with Crippen LogP contribution in [0.1, 0.15) is 27.2 Å². The van der Waals surface area contributed by atoms with Crippen molar-refractivity contribution in [3.05, 3.63) is 11.6 Å². The third-order valence-corrected chi connectivity index (χ3v) is 1.71. The van der Waals surface area contributed by atoms with Gasteiger partial charge in [0.05, 0.1) is 5.71 Å². The zero-order valence-corrected chi connectivity index (χ0v) is 6.72. The largest absolute Gasteiger partial charge is 0.392 e. The fraction of sp³-hybridized carbons (Fsp3) is 0.625. The lowest BCUT2D eigenvalue weighted by molar-refractivity contribution is 0.0995. The van der Waals surface area contributed by atoms with E-state index >= 15 is 0 Å². The van der Waals surface area contributed by atoms with Gasteiger partial charge in [-0.1, -0.05) is 11.2 Å². The molecule has 1 heterocycles. The van der Waals surface area contributed by atoms with Crippen LogP contribution in [0.25, 0.3) is 0 Å². The highest BCUT2D eigenvalue weighted by atomic mass is 16.6. The molecule has 0 N–H and O–H groups in total. The normalized spacial score (nSPS) is 26.1. The predicted molar refractivity (Wildman–Crippen MR) is 42.0 cm³/mol. The molecule has 0 aromatic heterocycles. The Morgan fingerprint density at radius 3 is 2.90 bits per heavy atom. The highest BCUT2D eigenvalue weighted by Gasteiger charge is 2.16. The van der Waals surface area contributed by atoms with Gasteiger partial charge < -0.3 is 4.84 Å². The molecule has 2 nitrogen and oxygen atoms in total. The molecule has 0 aliphatic carbocycles. The van der Waals surface area contributed by atoms with E-state index in [0.717, 1.165) is 12.1 Å². The van der Waals surface area contributed by atoms with Gasteiger partial charge in [0.2, 0.25) is 0 Å². The van der Waals surface area contributed by atoms with Gasteiger partial charge in [-0.3, -0.25) is 0 Å². The fourth-order valence-corrected chi connectivity index (χ4v) is 0.900. The first kappa shape index (κ1) is 7.32. The van der Waals surface area contributed by atoms with Crippen LogP contribution in [0.5, 0.6) is 0 Å². The van der Waals surface area contributed by atoms with Crippen LogP contribution in [0.4, 0.5) is 0 Å². The molecule has 1 atom stereocenters. The molecule has 0 aromatic carbocycles. The van der Waals surface area contributed by atoms with Gasteiger partial charge in [-0.25, -0.2) is 0 Å². The van der Waals surface area contributed by atoms with E-state index in [0.29, 0.717) is 0 Å². The predicted octanol–water partition coefficient (Wildman–Crippen LogP) is 2.12. The van der Waals surface area contributed by atoms with E-state index in [1.165, 1.54) is 5.57 Å². The van der Waals surface area contributed by atoms with Crippen molar-refractivity contribution in [2.75, 3.05) is 0 Å². The lowest BCUT2D eigenvalue weighted by atomic mass is 10.1. The monoisotopic (exact) mass is 139 g/mol. The van der Waals surface area contributed by atoms with Crippen LogP contribution in [0.3, 0.4) is 0 Å². The molecule has 0 bridgehead atoms. The van der Waals surface area contributed by atoms with E-state index < -0.39 is 0 Å².